The Bertz CT molecular complexity index is 793. The standard InChI is InChI=1S/C14H8F3N3O3/c15-14(16,17)12-18-11-2-1-8(20(22)23)7-10(11)13(19-12)5-3-9(21)4-6-13/h1-7H,(H,18,19). The number of anilines is 1. The first-order valence-corrected chi connectivity index (χ1v) is 6.37. The molecule has 0 aromatic heterocycles. The lowest BCUT2D eigenvalue weighted by Gasteiger charge is -2.33. The highest BCUT2D eigenvalue weighted by atomic mass is 19.4. The molecule has 0 saturated carbocycles. The third kappa shape index (κ3) is 2.50. The Kier molecular flexibility index (Phi) is 3.10. The van der Waals surface area contributed by atoms with Crippen molar-refractivity contribution < 1.29 is 22.9 Å². The SMILES string of the molecule is O=C1C=CC2(C=C1)N=C(C(F)(F)F)Nc1ccc([N+](=O)[O-])cc12. The van der Waals surface area contributed by atoms with Crippen LogP contribution in [0.15, 0.2) is 47.5 Å². The van der Waals surface area contributed by atoms with Gasteiger partial charge in [-0.3, -0.25) is 14.9 Å². The summed E-state index contributed by atoms with van der Waals surface area (Å²) in [4.78, 5) is 25.2. The van der Waals surface area contributed by atoms with Gasteiger partial charge in [0, 0.05) is 23.4 Å². The zero-order chi connectivity index (χ0) is 16.8. The summed E-state index contributed by atoms with van der Waals surface area (Å²) < 4.78 is 39.1. The second kappa shape index (κ2) is 4.77. The van der Waals surface area contributed by atoms with E-state index in [0.717, 1.165) is 24.3 Å². The highest BCUT2D eigenvalue weighted by Crippen LogP contribution is 2.42. The lowest BCUT2D eigenvalue weighted by atomic mass is 9.84. The predicted molar refractivity (Wildman–Crippen MR) is 75.2 cm³/mol. The minimum atomic E-state index is -4.73. The third-order valence-electron chi connectivity index (χ3n) is 3.47. The smallest absolute Gasteiger partial charge is 0.336 e. The van der Waals surface area contributed by atoms with E-state index in [2.05, 4.69) is 10.3 Å². The molecule has 1 aromatic rings. The van der Waals surface area contributed by atoms with Gasteiger partial charge in [0.05, 0.1) is 4.92 Å². The average molecular weight is 323 g/mol. The number of hydrogen-bond acceptors (Lipinski definition) is 5. The van der Waals surface area contributed by atoms with E-state index in [0.29, 0.717) is 0 Å². The molecule has 1 aliphatic heterocycles. The molecule has 0 atom stereocenters. The maximum Gasteiger partial charge on any atom is 0.449 e. The van der Waals surface area contributed by atoms with Crippen molar-refractivity contribution in [3.63, 3.8) is 0 Å². The topological polar surface area (TPSA) is 84.6 Å². The van der Waals surface area contributed by atoms with Crippen molar-refractivity contribution in [3.8, 4) is 0 Å². The van der Waals surface area contributed by atoms with Crippen molar-refractivity contribution >= 4 is 23.0 Å². The van der Waals surface area contributed by atoms with Gasteiger partial charge in [-0.2, -0.15) is 13.2 Å². The van der Waals surface area contributed by atoms with Crippen LogP contribution in [0, 0.1) is 10.1 Å². The van der Waals surface area contributed by atoms with Crippen molar-refractivity contribution in [2.75, 3.05) is 5.32 Å². The minimum Gasteiger partial charge on any atom is -0.336 e. The molecule has 9 heteroatoms. The largest absolute Gasteiger partial charge is 0.449 e. The maximum absolute atomic E-state index is 13.0. The van der Waals surface area contributed by atoms with Gasteiger partial charge in [0.15, 0.2) is 5.78 Å². The number of hydrogen-bond donors (Lipinski definition) is 1. The molecule has 0 fully saturated rings. The quantitative estimate of drug-likeness (QED) is 0.636. The number of carbonyl (C=O) groups excluding carboxylic acids is 1. The van der Waals surface area contributed by atoms with E-state index < -0.39 is 28.3 Å². The fourth-order valence-corrected chi connectivity index (χ4v) is 2.40. The molecule has 1 N–H and O–H groups in total. The van der Waals surface area contributed by atoms with Gasteiger partial charge in [0.2, 0.25) is 5.84 Å². The maximum atomic E-state index is 13.0. The fourth-order valence-electron chi connectivity index (χ4n) is 2.40. The van der Waals surface area contributed by atoms with Crippen molar-refractivity contribution in [3.05, 3.63) is 58.2 Å². The number of ketones is 1. The number of nitro groups is 1. The summed E-state index contributed by atoms with van der Waals surface area (Å²) in [5.41, 5.74) is -1.68. The van der Waals surface area contributed by atoms with Gasteiger partial charge in [0.25, 0.3) is 5.69 Å². The Labute approximate surface area is 127 Å². The minimum absolute atomic E-state index is 0.0431. The molecule has 1 spiro atoms. The third-order valence-corrected chi connectivity index (χ3v) is 3.47. The number of alkyl halides is 3. The van der Waals surface area contributed by atoms with Gasteiger partial charge in [0.1, 0.15) is 5.54 Å². The number of allylic oxidation sites excluding steroid dienone is 2. The first-order valence-electron chi connectivity index (χ1n) is 6.37. The Hall–Kier alpha value is -2.97. The number of carbonyl (C=O) groups is 1. The van der Waals surface area contributed by atoms with Crippen LogP contribution in [0.1, 0.15) is 5.56 Å². The van der Waals surface area contributed by atoms with Crippen LogP contribution in [0.5, 0.6) is 0 Å². The highest BCUT2D eigenvalue weighted by molar-refractivity contribution is 6.05. The molecule has 0 unspecified atom stereocenters. The number of rotatable bonds is 1. The summed E-state index contributed by atoms with van der Waals surface area (Å²) in [6.45, 7) is 0. The molecular weight excluding hydrogens is 315 g/mol. The van der Waals surface area contributed by atoms with Crippen LogP contribution in [0.3, 0.4) is 0 Å². The molecule has 0 radical (unpaired) electrons. The first-order chi connectivity index (χ1) is 10.7. The number of benzene rings is 1. The second-order valence-corrected chi connectivity index (χ2v) is 4.96. The molecule has 1 heterocycles. The van der Waals surface area contributed by atoms with E-state index in [1.54, 1.807) is 0 Å². The van der Waals surface area contributed by atoms with E-state index in [-0.39, 0.29) is 16.9 Å². The number of non-ortho nitro benzene ring substituents is 1. The van der Waals surface area contributed by atoms with Crippen LogP contribution < -0.4 is 5.32 Å². The van der Waals surface area contributed by atoms with Gasteiger partial charge in [-0.1, -0.05) is 0 Å². The van der Waals surface area contributed by atoms with Crippen molar-refractivity contribution in [2.45, 2.75) is 11.7 Å². The van der Waals surface area contributed by atoms with E-state index in [4.69, 9.17) is 0 Å². The fraction of sp³-hybridized carbons (Fsp3) is 0.143. The van der Waals surface area contributed by atoms with Crippen molar-refractivity contribution in [2.24, 2.45) is 4.99 Å². The molecule has 2 aliphatic rings. The Morgan fingerprint density at radius 3 is 2.43 bits per heavy atom. The van der Waals surface area contributed by atoms with Crippen LogP contribution in [0.25, 0.3) is 0 Å². The summed E-state index contributed by atoms with van der Waals surface area (Å²) in [6.07, 6.45) is -0.151. The lowest BCUT2D eigenvalue weighted by Crippen LogP contribution is -2.39. The van der Waals surface area contributed by atoms with E-state index in [1.165, 1.54) is 18.2 Å². The van der Waals surface area contributed by atoms with Gasteiger partial charge >= 0.3 is 6.18 Å². The van der Waals surface area contributed by atoms with Gasteiger partial charge < -0.3 is 5.32 Å². The molecule has 0 amide bonds. The summed E-state index contributed by atoms with van der Waals surface area (Å²) in [7, 11) is 0. The number of fused-ring (bicyclic) bond motifs is 2. The Balaban J connectivity index is 2.23. The summed E-state index contributed by atoms with van der Waals surface area (Å²) >= 11 is 0. The first kappa shape index (κ1) is 14.9. The number of aliphatic imine (C=N–C) groups is 1. The molecule has 0 bridgehead atoms. The van der Waals surface area contributed by atoms with Gasteiger partial charge in [-0.05, 0) is 30.4 Å². The predicted octanol–water partition coefficient (Wildman–Crippen LogP) is 2.87. The number of halogens is 3. The van der Waals surface area contributed by atoms with E-state index >= 15 is 0 Å². The van der Waals surface area contributed by atoms with Gasteiger partial charge in [-0.15, -0.1) is 0 Å². The molecule has 118 valence electrons. The monoisotopic (exact) mass is 323 g/mol. The highest BCUT2D eigenvalue weighted by Gasteiger charge is 2.44. The van der Waals surface area contributed by atoms with Crippen LogP contribution in [-0.2, 0) is 10.3 Å². The van der Waals surface area contributed by atoms with Crippen LogP contribution in [-0.4, -0.2) is 22.7 Å². The molecule has 0 saturated heterocycles. The zero-order valence-electron chi connectivity index (χ0n) is 11.3. The number of amidine groups is 1. The summed E-state index contributed by atoms with van der Waals surface area (Å²) in [5, 5.41) is 13.0. The lowest BCUT2D eigenvalue weighted by molar-refractivity contribution is -0.384. The average Bonchev–Trinajstić information content (AvgIpc) is 2.49. The normalized spacial score (nSPS) is 18.4. The Morgan fingerprint density at radius 1 is 1.22 bits per heavy atom. The summed E-state index contributed by atoms with van der Waals surface area (Å²) in [6, 6.07) is 3.43. The number of nitro benzene ring substituents is 1. The zero-order valence-corrected chi connectivity index (χ0v) is 11.3. The number of nitrogens with one attached hydrogen (secondary N) is 1. The van der Waals surface area contributed by atoms with E-state index in [1.807, 2.05) is 0 Å². The Morgan fingerprint density at radius 2 is 1.87 bits per heavy atom. The van der Waals surface area contributed by atoms with Crippen LogP contribution in [0.2, 0.25) is 0 Å². The molecule has 1 aliphatic carbocycles. The molecule has 1 aromatic carbocycles. The van der Waals surface area contributed by atoms with Gasteiger partial charge in [-0.25, -0.2) is 4.99 Å². The molecule has 23 heavy (non-hydrogen) atoms. The van der Waals surface area contributed by atoms with Crippen LogP contribution >= 0.6 is 0 Å². The molecular formula is C14H8F3N3O3. The van der Waals surface area contributed by atoms with E-state index in [9.17, 15) is 28.1 Å². The van der Waals surface area contributed by atoms with Crippen LogP contribution in [0.4, 0.5) is 24.5 Å². The molecule has 6 nitrogen and oxygen atoms in total. The second-order valence-electron chi connectivity index (χ2n) is 4.96. The summed E-state index contributed by atoms with van der Waals surface area (Å²) in [5.74, 6) is -1.63. The molecule has 3 rings (SSSR count). The van der Waals surface area contributed by atoms with Crippen molar-refractivity contribution in [1.29, 1.82) is 0 Å². The number of nitrogens with zero attached hydrogens (tertiary/aromatic N) is 2. The van der Waals surface area contributed by atoms with Crippen molar-refractivity contribution in [1.82, 2.24) is 0 Å².